The molecule has 1 fully saturated rings. The fraction of sp³-hybridized carbons (Fsp3) is 1.00. The van der Waals surface area contributed by atoms with Gasteiger partial charge in [-0.05, 0) is 30.1 Å². The van der Waals surface area contributed by atoms with E-state index in [4.69, 9.17) is 0 Å². The van der Waals surface area contributed by atoms with Gasteiger partial charge in [0, 0.05) is 26.7 Å². The maximum Gasteiger partial charge on any atom is 0.214 e. The summed E-state index contributed by atoms with van der Waals surface area (Å²) in [6.45, 7) is 9.76. The van der Waals surface area contributed by atoms with Crippen LogP contribution in [0.2, 0.25) is 0 Å². The van der Waals surface area contributed by atoms with Gasteiger partial charge in [-0.1, -0.05) is 27.7 Å². The SMILES string of the molecule is CN(C)S(=O)(=O)CCNC1CC(C)(C)CC(C)(C)C1. The Labute approximate surface area is 119 Å². The minimum Gasteiger partial charge on any atom is -0.313 e. The molecule has 1 aliphatic carbocycles. The highest BCUT2D eigenvalue weighted by Crippen LogP contribution is 2.45. The van der Waals surface area contributed by atoms with Gasteiger partial charge in [-0.3, -0.25) is 0 Å². The van der Waals surface area contributed by atoms with Crippen LogP contribution in [0.1, 0.15) is 47.0 Å². The molecular formula is C14H30N2O2S. The number of rotatable bonds is 5. The van der Waals surface area contributed by atoms with Gasteiger partial charge in [-0.15, -0.1) is 0 Å². The Bertz CT molecular complexity index is 384. The van der Waals surface area contributed by atoms with E-state index in [-0.39, 0.29) is 5.75 Å². The zero-order chi connectivity index (χ0) is 14.9. The number of hydrogen-bond acceptors (Lipinski definition) is 3. The van der Waals surface area contributed by atoms with Gasteiger partial charge in [0.1, 0.15) is 0 Å². The Balaban J connectivity index is 2.50. The molecule has 0 radical (unpaired) electrons. The number of sulfonamides is 1. The third-order valence-corrected chi connectivity index (χ3v) is 5.74. The van der Waals surface area contributed by atoms with Crippen LogP contribution < -0.4 is 5.32 Å². The molecule has 1 rings (SSSR count). The smallest absolute Gasteiger partial charge is 0.214 e. The predicted molar refractivity (Wildman–Crippen MR) is 80.7 cm³/mol. The summed E-state index contributed by atoms with van der Waals surface area (Å²) < 4.78 is 24.7. The summed E-state index contributed by atoms with van der Waals surface area (Å²) in [4.78, 5) is 0. The van der Waals surface area contributed by atoms with Gasteiger partial charge in [0.05, 0.1) is 5.75 Å². The molecule has 0 aliphatic heterocycles. The van der Waals surface area contributed by atoms with Crippen molar-refractivity contribution in [1.82, 2.24) is 9.62 Å². The van der Waals surface area contributed by atoms with E-state index in [2.05, 4.69) is 33.0 Å². The molecule has 114 valence electrons. The molecule has 0 aromatic rings. The summed E-state index contributed by atoms with van der Waals surface area (Å²) >= 11 is 0. The molecule has 5 heteroatoms. The number of nitrogens with one attached hydrogen (secondary N) is 1. The second-order valence-corrected chi connectivity index (χ2v) is 9.97. The van der Waals surface area contributed by atoms with Crippen molar-refractivity contribution in [3.63, 3.8) is 0 Å². The van der Waals surface area contributed by atoms with Crippen molar-refractivity contribution in [1.29, 1.82) is 0 Å². The Kier molecular flexibility index (Phi) is 5.08. The standard InChI is InChI=1S/C14H30N2O2S/c1-13(2)9-12(10-14(3,4)11-13)15-7-8-19(17,18)16(5)6/h12,15H,7-11H2,1-6H3. The van der Waals surface area contributed by atoms with Crippen LogP contribution in [-0.4, -0.2) is 45.2 Å². The van der Waals surface area contributed by atoms with Gasteiger partial charge < -0.3 is 5.32 Å². The molecule has 1 saturated carbocycles. The molecule has 1 N–H and O–H groups in total. The summed E-state index contributed by atoms with van der Waals surface area (Å²) in [5.74, 6) is 0.178. The highest BCUT2D eigenvalue weighted by molar-refractivity contribution is 7.89. The Morgan fingerprint density at radius 1 is 1.11 bits per heavy atom. The Hall–Kier alpha value is -0.130. The van der Waals surface area contributed by atoms with Crippen LogP contribution >= 0.6 is 0 Å². The van der Waals surface area contributed by atoms with Gasteiger partial charge in [0.2, 0.25) is 10.0 Å². The molecule has 0 aromatic carbocycles. The third kappa shape index (κ3) is 5.40. The van der Waals surface area contributed by atoms with Crippen molar-refractivity contribution in [2.24, 2.45) is 10.8 Å². The van der Waals surface area contributed by atoms with Crippen molar-refractivity contribution >= 4 is 10.0 Å². The number of hydrogen-bond donors (Lipinski definition) is 1. The molecule has 0 bridgehead atoms. The molecule has 0 spiro atoms. The van der Waals surface area contributed by atoms with Gasteiger partial charge in [-0.25, -0.2) is 12.7 Å². The molecule has 0 unspecified atom stereocenters. The van der Waals surface area contributed by atoms with Crippen LogP contribution in [0.25, 0.3) is 0 Å². The van der Waals surface area contributed by atoms with Gasteiger partial charge >= 0.3 is 0 Å². The van der Waals surface area contributed by atoms with Crippen LogP contribution in [-0.2, 0) is 10.0 Å². The molecule has 0 atom stereocenters. The number of nitrogens with zero attached hydrogens (tertiary/aromatic N) is 1. The summed E-state index contributed by atoms with van der Waals surface area (Å²) in [7, 11) is 0.0853. The van der Waals surface area contributed by atoms with Crippen LogP contribution in [0, 0.1) is 10.8 Å². The third-order valence-electron chi connectivity index (χ3n) is 3.90. The normalized spacial score (nSPS) is 23.7. The Morgan fingerprint density at radius 3 is 2.00 bits per heavy atom. The molecule has 0 heterocycles. The van der Waals surface area contributed by atoms with E-state index < -0.39 is 10.0 Å². The van der Waals surface area contributed by atoms with Crippen LogP contribution in [0.5, 0.6) is 0 Å². The van der Waals surface area contributed by atoms with Crippen molar-refractivity contribution < 1.29 is 8.42 Å². The molecule has 1 aliphatic rings. The first-order valence-corrected chi connectivity index (χ1v) is 8.68. The summed E-state index contributed by atoms with van der Waals surface area (Å²) in [6, 6.07) is 0.427. The second kappa shape index (κ2) is 5.70. The van der Waals surface area contributed by atoms with Crippen molar-refractivity contribution in [3.8, 4) is 0 Å². The van der Waals surface area contributed by atoms with E-state index in [0.717, 1.165) is 12.8 Å². The first-order chi connectivity index (χ1) is 8.44. The molecule has 0 aromatic heterocycles. The highest BCUT2D eigenvalue weighted by atomic mass is 32.2. The average molecular weight is 290 g/mol. The van der Waals surface area contributed by atoms with E-state index in [1.807, 2.05) is 0 Å². The lowest BCUT2D eigenvalue weighted by Crippen LogP contribution is -2.45. The fourth-order valence-electron chi connectivity index (χ4n) is 3.57. The summed E-state index contributed by atoms with van der Waals surface area (Å²) in [5.41, 5.74) is 0.666. The van der Waals surface area contributed by atoms with Gasteiger partial charge in [0.15, 0.2) is 0 Å². The second-order valence-electron chi connectivity index (χ2n) is 7.66. The predicted octanol–water partition coefficient (Wildman–Crippen LogP) is 2.07. The lowest BCUT2D eigenvalue weighted by atomic mass is 9.63. The van der Waals surface area contributed by atoms with E-state index in [9.17, 15) is 8.42 Å². The maximum absolute atomic E-state index is 11.7. The first-order valence-electron chi connectivity index (χ1n) is 7.07. The molecule has 19 heavy (non-hydrogen) atoms. The van der Waals surface area contributed by atoms with Crippen LogP contribution in [0.3, 0.4) is 0 Å². The highest BCUT2D eigenvalue weighted by Gasteiger charge is 2.38. The lowest BCUT2D eigenvalue weighted by molar-refractivity contribution is 0.0860. The van der Waals surface area contributed by atoms with Crippen LogP contribution in [0.4, 0.5) is 0 Å². The van der Waals surface area contributed by atoms with Crippen molar-refractivity contribution in [2.75, 3.05) is 26.4 Å². The molecular weight excluding hydrogens is 260 g/mol. The van der Waals surface area contributed by atoms with E-state index >= 15 is 0 Å². The minimum absolute atomic E-state index is 0.178. The zero-order valence-electron chi connectivity index (χ0n) is 13.3. The van der Waals surface area contributed by atoms with E-state index in [0.29, 0.717) is 23.4 Å². The van der Waals surface area contributed by atoms with Crippen molar-refractivity contribution in [2.45, 2.75) is 53.0 Å². The lowest BCUT2D eigenvalue weighted by Gasteiger charge is -2.45. The summed E-state index contributed by atoms with van der Waals surface area (Å²) in [6.07, 6.45) is 3.48. The topological polar surface area (TPSA) is 49.4 Å². The van der Waals surface area contributed by atoms with Gasteiger partial charge in [0.25, 0.3) is 0 Å². The van der Waals surface area contributed by atoms with E-state index in [1.165, 1.54) is 10.7 Å². The summed E-state index contributed by atoms with van der Waals surface area (Å²) in [5, 5.41) is 3.44. The molecule has 0 saturated heterocycles. The zero-order valence-corrected chi connectivity index (χ0v) is 14.1. The van der Waals surface area contributed by atoms with Gasteiger partial charge in [-0.2, -0.15) is 0 Å². The first kappa shape index (κ1) is 16.9. The maximum atomic E-state index is 11.7. The van der Waals surface area contributed by atoms with Crippen LogP contribution in [0.15, 0.2) is 0 Å². The Morgan fingerprint density at radius 2 is 1.58 bits per heavy atom. The molecule has 4 nitrogen and oxygen atoms in total. The fourth-order valence-corrected chi connectivity index (χ4v) is 4.31. The quantitative estimate of drug-likeness (QED) is 0.843. The van der Waals surface area contributed by atoms with E-state index in [1.54, 1.807) is 14.1 Å². The molecule has 0 amide bonds. The largest absolute Gasteiger partial charge is 0.313 e. The monoisotopic (exact) mass is 290 g/mol. The van der Waals surface area contributed by atoms with Crippen molar-refractivity contribution in [3.05, 3.63) is 0 Å². The average Bonchev–Trinajstić information content (AvgIpc) is 2.11. The minimum atomic E-state index is -3.09.